The molecule has 0 aliphatic carbocycles. The van der Waals surface area contributed by atoms with E-state index in [-0.39, 0.29) is 18.1 Å². The zero-order chi connectivity index (χ0) is 18.3. The highest BCUT2D eigenvalue weighted by Crippen LogP contribution is 2.30. The molecule has 8 nitrogen and oxygen atoms in total. The van der Waals surface area contributed by atoms with Crippen LogP contribution in [0, 0.1) is 5.92 Å². The second-order valence-corrected chi connectivity index (χ2v) is 7.56. The minimum atomic E-state index is 0.0343. The molecule has 0 unspecified atom stereocenters. The van der Waals surface area contributed by atoms with Crippen molar-refractivity contribution in [2.75, 3.05) is 13.1 Å². The van der Waals surface area contributed by atoms with Gasteiger partial charge in [-0.15, -0.1) is 5.10 Å². The number of aryl methyl sites for hydroxylation is 1. The van der Waals surface area contributed by atoms with Crippen LogP contribution in [0.3, 0.4) is 0 Å². The van der Waals surface area contributed by atoms with Gasteiger partial charge in [0.25, 0.3) is 5.91 Å². The number of aromatic nitrogens is 5. The van der Waals surface area contributed by atoms with Gasteiger partial charge in [0.15, 0.2) is 0 Å². The van der Waals surface area contributed by atoms with Crippen molar-refractivity contribution in [2.24, 2.45) is 5.92 Å². The molecule has 1 fully saturated rings. The summed E-state index contributed by atoms with van der Waals surface area (Å²) in [6.45, 7) is 8.86. The van der Waals surface area contributed by atoms with E-state index in [4.69, 9.17) is 4.74 Å². The first-order valence-corrected chi connectivity index (χ1v) is 9.43. The quantitative estimate of drug-likeness (QED) is 0.831. The standard InChI is InChI=1S/C18H26N6O2/c1-4-23-15(8-13(20-23)7-12(2)3)18(25)22-6-5-17-16(10-22)24-14(11-26-17)9-19-21-24/h8-9,12,16-17H,4-7,10-11H2,1-3H3/t16-,17-/m0/s1. The molecule has 0 radical (unpaired) electrons. The summed E-state index contributed by atoms with van der Waals surface area (Å²) in [6, 6.07) is 1.99. The van der Waals surface area contributed by atoms with E-state index in [2.05, 4.69) is 29.3 Å². The van der Waals surface area contributed by atoms with Crippen LogP contribution in [0.25, 0.3) is 0 Å². The van der Waals surface area contributed by atoms with Gasteiger partial charge in [0.05, 0.1) is 36.3 Å². The predicted molar refractivity (Wildman–Crippen MR) is 94.6 cm³/mol. The summed E-state index contributed by atoms with van der Waals surface area (Å²) >= 11 is 0. The van der Waals surface area contributed by atoms with Crippen molar-refractivity contribution < 1.29 is 9.53 Å². The van der Waals surface area contributed by atoms with Crippen molar-refractivity contribution in [1.82, 2.24) is 29.7 Å². The summed E-state index contributed by atoms with van der Waals surface area (Å²) in [5.41, 5.74) is 2.63. The maximum atomic E-state index is 13.2. The lowest BCUT2D eigenvalue weighted by atomic mass is 10.00. The monoisotopic (exact) mass is 358 g/mol. The largest absolute Gasteiger partial charge is 0.370 e. The zero-order valence-corrected chi connectivity index (χ0v) is 15.6. The smallest absolute Gasteiger partial charge is 0.272 e. The lowest BCUT2D eigenvalue weighted by molar-refractivity contribution is -0.0606. The number of amides is 1. The first kappa shape index (κ1) is 17.2. The lowest BCUT2D eigenvalue weighted by Crippen LogP contribution is -2.50. The highest BCUT2D eigenvalue weighted by atomic mass is 16.5. The van der Waals surface area contributed by atoms with Crippen LogP contribution in [0.5, 0.6) is 0 Å². The Labute approximate surface area is 153 Å². The molecule has 1 amide bonds. The van der Waals surface area contributed by atoms with Crippen LogP contribution in [-0.2, 0) is 24.3 Å². The SMILES string of the molecule is CCn1nc(CC(C)C)cc1C(=O)N1CC[C@@H]2OCc3cnnn3[C@H]2C1. The molecule has 2 aliphatic heterocycles. The fourth-order valence-corrected chi connectivity index (χ4v) is 3.93. The van der Waals surface area contributed by atoms with E-state index >= 15 is 0 Å². The number of nitrogens with zero attached hydrogens (tertiary/aromatic N) is 6. The molecule has 2 aromatic rings. The van der Waals surface area contributed by atoms with Gasteiger partial charge >= 0.3 is 0 Å². The van der Waals surface area contributed by atoms with Crippen molar-refractivity contribution in [1.29, 1.82) is 0 Å². The minimum Gasteiger partial charge on any atom is -0.370 e. The van der Waals surface area contributed by atoms with E-state index in [1.54, 1.807) is 6.20 Å². The number of ether oxygens (including phenoxy) is 1. The summed E-state index contributed by atoms with van der Waals surface area (Å²) in [4.78, 5) is 15.1. The van der Waals surface area contributed by atoms with Gasteiger partial charge in [0.2, 0.25) is 0 Å². The van der Waals surface area contributed by atoms with Gasteiger partial charge in [0.1, 0.15) is 5.69 Å². The Hall–Kier alpha value is -2.22. The molecule has 1 saturated heterocycles. The van der Waals surface area contributed by atoms with Crippen molar-refractivity contribution in [2.45, 2.75) is 58.9 Å². The number of rotatable bonds is 4. The van der Waals surface area contributed by atoms with Crippen molar-refractivity contribution >= 4 is 5.91 Å². The van der Waals surface area contributed by atoms with E-state index < -0.39 is 0 Å². The highest BCUT2D eigenvalue weighted by molar-refractivity contribution is 5.92. The van der Waals surface area contributed by atoms with Crippen LogP contribution in [0.4, 0.5) is 0 Å². The Morgan fingerprint density at radius 3 is 3.04 bits per heavy atom. The first-order valence-electron chi connectivity index (χ1n) is 9.43. The van der Waals surface area contributed by atoms with Crippen LogP contribution in [0.2, 0.25) is 0 Å². The Bertz CT molecular complexity index is 795. The molecule has 26 heavy (non-hydrogen) atoms. The number of carbonyl (C=O) groups is 1. The van der Waals surface area contributed by atoms with E-state index in [0.717, 1.165) is 24.2 Å². The molecule has 0 spiro atoms. The molecule has 0 bridgehead atoms. The highest BCUT2D eigenvalue weighted by Gasteiger charge is 2.38. The molecule has 2 aliphatic rings. The number of likely N-dealkylation sites (tertiary alicyclic amines) is 1. The Morgan fingerprint density at radius 2 is 2.27 bits per heavy atom. The van der Waals surface area contributed by atoms with E-state index in [1.165, 1.54) is 0 Å². The van der Waals surface area contributed by atoms with Crippen LogP contribution in [-0.4, -0.2) is 54.8 Å². The van der Waals surface area contributed by atoms with Gasteiger partial charge in [-0.2, -0.15) is 5.10 Å². The number of carbonyl (C=O) groups excluding carboxylic acids is 1. The molecule has 4 rings (SSSR count). The van der Waals surface area contributed by atoms with Gasteiger partial charge in [0, 0.05) is 19.6 Å². The average molecular weight is 358 g/mol. The molecule has 8 heteroatoms. The van der Waals surface area contributed by atoms with Crippen LogP contribution < -0.4 is 0 Å². The molecule has 4 heterocycles. The maximum Gasteiger partial charge on any atom is 0.272 e. The molecule has 0 saturated carbocycles. The number of hydrogen-bond acceptors (Lipinski definition) is 5. The van der Waals surface area contributed by atoms with Gasteiger partial charge in [-0.05, 0) is 31.7 Å². The molecule has 0 aromatic carbocycles. The van der Waals surface area contributed by atoms with E-state index in [9.17, 15) is 4.79 Å². The van der Waals surface area contributed by atoms with Gasteiger partial charge < -0.3 is 9.64 Å². The second-order valence-electron chi connectivity index (χ2n) is 7.56. The van der Waals surface area contributed by atoms with Crippen molar-refractivity contribution in [3.63, 3.8) is 0 Å². The average Bonchev–Trinajstić information content (AvgIpc) is 3.26. The molecular weight excluding hydrogens is 332 g/mol. The first-order chi connectivity index (χ1) is 12.6. The zero-order valence-electron chi connectivity index (χ0n) is 15.6. The van der Waals surface area contributed by atoms with Gasteiger partial charge in [-0.3, -0.25) is 9.48 Å². The fraction of sp³-hybridized carbons (Fsp3) is 0.667. The molecule has 2 aromatic heterocycles. The normalized spacial score (nSPS) is 22.4. The van der Waals surface area contributed by atoms with Crippen LogP contribution >= 0.6 is 0 Å². The van der Waals surface area contributed by atoms with Gasteiger partial charge in [-0.1, -0.05) is 19.1 Å². The second kappa shape index (κ2) is 6.83. The third-order valence-corrected chi connectivity index (χ3v) is 5.18. The predicted octanol–water partition coefficient (Wildman–Crippen LogP) is 1.68. The van der Waals surface area contributed by atoms with Crippen LogP contribution in [0.15, 0.2) is 12.3 Å². The Balaban J connectivity index is 1.55. The van der Waals surface area contributed by atoms with Crippen molar-refractivity contribution in [3.05, 3.63) is 29.3 Å². The third kappa shape index (κ3) is 3.02. The van der Waals surface area contributed by atoms with Crippen molar-refractivity contribution in [3.8, 4) is 0 Å². The Kier molecular flexibility index (Phi) is 4.52. The topological polar surface area (TPSA) is 78.1 Å². The fourth-order valence-electron chi connectivity index (χ4n) is 3.93. The summed E-state index contributed by atoms with van der Waals surface area (Å²) in [7, 11) is 0. The Morgan fingerprint density at radius 1 is 1.42 bits per heavy atom. The lowest BCUT2D eigenvalue weighted by Gasteiger charge is -2.40. The molecule has 140 valence electrons. The van der Waals surface area contributed by atoms with E-state index in [0.29, 0.717) is 37.9 Å². The van der Waals surface area contributed by atoms with Gasteiger partial charge in [-0.25, -0.2) is 4.68 Å². The number of hydrogen-bond donors (Lipinski definition) is 0. The summed E-state index contributed by atoms with van der Waals surface area (Å²) in [6.07, 6.45) is 3.53. The summed E-state index contributed by atoms with van der Waals surface area (Å²) < 4.78 is 9.69. The third-order valence-electron chi connectivity index (χ3n) is 5.18. The molecule has 2 atom stereocenters. The molecular formula is C18H26N6O2. The summed E-state index contributed by atoms with van der Waals surface area (Å²) in [5, 5.41) is 12.8. The maximum absolute atomic E-state index is 13.2. The number of piperidine rings is 1. The van der Waals surface area contributed by atoms with E-state index in [1.807, 2.05) is 27.3 Å². The minimum absolute atomic E-state index is 0.0343. The number of fused-ring (bicyclic) bond motifs is 3. The summed E-state index contributed by atoms with van der Waals surface area (Å²) in [5.74, 6) is 0.555. The molecule has 0 N–H and O–H groups in total. The van der Waals surface area contributed by atoms with Crippen LogP contribution in [0.1, 0.15) is 55.1 Å².